The molecule has 0 radical (unpaired) electrons. The Balaban J connectivity index is 1.70. The zero-order chi connectivity index (χ0) is 22.9. The summed E-state index contributed by atoms with van der Waals surface area (Å²) in [6, 6.07) is 15.3. The third-order valence-corrected chi connectivity index (χ3v) is 7.29. The number of ether oxygens (including phenoxy) is 1. The first-order valence-electron chi connectivity index (χ1n) is 11.5. The normalized spacial score (nSPS) is 19.0. The highest BCUT2D eigenvalue weighted by molar-refractivity contribution is 7.22. The number of carbonyl (C=O) groups excluding carboxylic acids is 2. The van der Waals surface area contributed by atoms with Crippen molar-refractivity contribution in [2.45, 2.75) is 39.2 Å². The molecule has 33 heavy (non-hydrogen) atoms. The number of aromatic nitrogens is 1. The highest BCUT2D eigenvalue weighted by Gasteiger charge is 2.48. The molecule has 0 aliphatic carbocycles. The van der Waals surface area contributed by atoms with Crippen LogP contribution in [0.5, 0.6) is 0 Å². The van der Waals surface area contributed by atoms with Gasteiger partial charge in [-0.15, -0.1) is 0 Å². The van der Waals surface area contributed by atoms with Gasteiger partial charge in [0.1, 0.15) is 5.70 Å². The van der Waals surface area contributed by atoms with Crippen LogP contribution in [-0.2, 0) is 14.3 Å². The average Bonchev–Trinajstić information content (AvgIpc) is 3.38. The molecule has 0 spiro atoms. The number of rotatable bonds is 5. The number of esters is 1. The molecule has 1 unspecified atom stereocenters. The van der Waals surface area contributed by atoms with Crippen molar-refractivity contribution in [1.29, 1.82) is 0 Å². The van der Waals surface area contributed by atoms with Crippen molar-refractivity contribution < 1.29 is 14.3 Å². The maximum absolute atomic E-state index is 14.0. The van der Waals surface area contributed by atoms with Crippen LogP contribution in [0.1, 0.15) is 43.4 Å². The van der Waals surface area contributed by atoms with E-state index in [2.05, 4.69) is 4.90 Å². The second-order valence-electron chi connectivity index (χ2n) is 8.48. The van der Waals surface area contributed by atoms with Gasteiger partial charge >= 0.3 is 5.97 Å². The number of piperidine rings is 1. The molecule has 3 heterocycles. The molecule has 5 rings (SSSR count). The van der Waals surface area contributed by atoms with Gasteiger partial charge in [-0.1, -0.05) is 53.3 Å². The van der Waals surface area contributed by atoms with Gasteiger partial charge in [-0.05, 0) is 50.8 Å². The number of hydrogen-bond donors (Lipinski definition) is 0. The lowest BCUT2D eigenvalue weighted by Crippen LogP contribution is -2.36. The molecule has 0 saturated carbocycles. The molecule has 1 amide bonds. The maximum atomic E-state index is 14.0. The SMILES string of the molecule is CCOC(=O)C1=C(N2CCCCC2)C(=O)N(c2nc3ccccc3s2)C1c1ccc(C)cc1. The summed E-state index contributed by atoms with van der Waals surface area (Å²) < 4.78 is 6.50. The van der Waals surface area contributed by atoms with Crippen LogP contribution in [0.25, 0.3) is 10.2 Å². The molecular formula is C26H27N3O3S. The second kappa shape index (κ2) is 8.98. The number of amides is 1. The minimum absolute atomic E-state index is 0.176. The monoisotopic (exact) mass is 461 g/mol. The number of likely N-dealkylation sites (tertiary alicyclic amines) is 1. The summed E-state index contributed by atoms with van der Waals surface area (Å²) in [5, 5.41) is 0.598. The van der Waals surface area contributed by atoms with Gasteiger partial charge in [-0.2, -0.15) is 0 Å². The van der Waals surface area contributed by atoms with Gasteiger partial charge in [-0.3, -0.25) is 9.69 Å². The zero-order valence-corrected chi connectivity index (χ0v) is 19.7. The van der Waals surface area contributed by atoms with Crippen LogP contribution in [0.4, 0.5) is 5.13 Å². The smallest absolute Gasteiger partial charge is 0.338 e. The molecular weight excluding hydrogens is 434 g/mol. The Morgan fingerprint density at radius 2 is 1.82 bits per heavy atom. The molecule has 6 nitrogen and oxygen atoms in total. The largest absolute Gasteiger partial charge is 0.463 e. The molecule has 3 aromatic rings. The van der Waals surface area contributed by atoms with E-state index >= 15 is 0 Å². The zero-order valence-electron chi connectivity index (χ0n) is 18.9. The van der Waals surface area contributed by atoms with E-state index in [4.69, 9.17) is 9.72 Å². The highest BCUT2D eigenvalue weighted by Crippen LogP contribution is 2.45. The number of thiazole rings is 1. The quantitative estimate of drug-likeness (QED) is 0.501. The van der Waals surface area contributed by atoms with Gasteiger partial charge < -0.3 is 9.64 Å². The molecule has 7 heteroatoms. The van der Waals surface area contributed by atoms with Gasteiger partial charge in [0.2, 0.25) is 0 Å². The summed E-state index contributed by atoms with van der Waals surface area (Å²) >= 11 is 1.47. The molecule has 2 aliphatic heterocycles. The van der Waals surface area contributed by atoms with E-state index < -0.39 is 12.0 Å². The minimum Gasteiger partial charge on any atom is -0.463 e. The topological polar surface area (TPSA) is 62.7 Å². The Morgan fingerprint density at radius 1 is 1.09 bits per heavy atom. The first-order chi connectivity index (χ1) is 16.1. The van der Waals surface area contributed by atoms with E-state index in [1.54, 1.807) is 11.8 Å². The van der Waals surface area contributed by atoms with Crippen LogP contribution in [0, 0.1) is 6.92 Å². The Labute approximate surface area is 197 Å². The highest BCUT2D eigenvalue weighted by atomic mass is 32.1. The second-order valence-corrected chi connectivity index (χ2v) is 9.49. The molecule has 2 aromatic carbocycles. The third-order valence-electron chi connectivity index (χ3n) is 6.26. The van der Waals surface area contributed by atoms with E-state index in [1.165, 1.54) is 11.3 Å². The first-order valence-corrected chi connectivity index (χ1v) is 12.3. The number of hydrogen-bond acceptors (Lipinski definition) is 6. The summed E-state index contributed by atoms with van der Waals surface area (Å²) in [5.41, 5.74) is 3.73. The number of anilines is 1. The van der Waals surface area contributed by atoms with E-state index in [9.17, 15) is 9.59 Å². The van der Waals surface area contributed by atoms with Crippen LogP contribution < -0.4 is 4.90 Å². The van der Waals surface area contributed by atoms with Gasteiger partial charge in [0.05, 0.1) is 28.4 Å². The van der Waals surface area contributed by atoms with E-state index in [1.807, 2.05) is 55.5 Å². The van der Waals surface area contributed by atoms with Crippen LogP contribution >= 0.6 is 11.3 Å². The number of carbonyl (C=O) groups is 2. The summed E-state index contributed by atoms with van der Waals surface area (Å²) in [6.45, 7) is 5.60. The van der Waals surface area contributed by atoms with Gasteiger partial charge in [0, 0.05) is 13.1 Å². The molecule has 170 valence electrons. The fourth-order valence-corrected chi connectivity index (χ4v) is 5.66. The van der Waals surface area contributed by atoms with E-state index in [0.717, 1.165) is 53.7 Å². The van der Waals surface area contributed by atoms with E-state index in [0.29, 0.717) is 16.4 Å². The Kier molecular flexibility index (Phi) is 5.89. The van der Waals surface area contributed by atoms with E-state index in [-0.39, 0.29) is 12.5 Å². The number of nitrogens with zero attached hydrogens (tertiary/aromatic N) is 3. The van der Waals surface area contributed by atoms with Gasteiger partial charge in [0.25, 0.3) is 5.91 Å². The fraction of sp³-hybridized carbons (Fsp3) is 0.346. The average molecular weight is 462 g/mol. The van der Waals surface area contributed by atoms with Crippen molar-refractivity contribution in [3.63, 3.8) is 0 Å². The predicted octanol–water partition coefficient (Wildman–Crippen LogP) is 5.00. The number of fused-ring (bicyclic) bond motifs is 1. The molecule has 1 atom stereocenters. The standard InChI is InChI=1S/C26H27N3O3S/c1-3-32-25(31)21-22(18-13-11-17(2)12-14-18)29(24(30)23(21)28-15-7-4-8-16-28)26-27-19-9-5-6-10-20(19)33-26/h5-6,9-14,22H,3-4,7-8,15-16H2,1-2H3. The van der Waals surface area contributed by atoms with Gasteiger partial charge in [0.15, 0.2) is 5.13 Å². The van der Waals surface area contributed by atoms with Crippen molar-refractivity contribution in [3.05, 3.63) is 70.9 Å². The number of benzene rings is 2. The van der Waals surface area contributed by atoms with Crippen molar-refractivity contribution in [2.24, 2.45) is 0 Å². The van der Waals surface area contributed by atoms with Crippen LogP contribution in [0.15, 0.2) is 59.8 Å². The molecule has 1 fully saturated rings. The Hall–Kier alpha value is -3.19. The summed E-state index contributed by atoms with van der Waals surface area (Å²) in [6.07, 6.45) is 3.14. The third kappa shape index (κ3) is 3.91. The van der Waals surface area contributed by atoms with Crippen LogP contribution in [-0.4, -0.2) is 41.5 Å². The fourth-order valence-electron chi connectivity index (χ4n) is 4.67. The lowest BCUT2D eigenvalue weighted by molar-refractivity contribution is -0.139. The van der Waals surface area contributed by atoms with Crippen LogP contribution in [0.3, 0.4) is 0 Å². The lowest BCUT2D eigenvalue weighted by Gasteiger charge is -2.29. The molecule has 2 aliphatic rings. The summed E-state index contributed by atoms with van der Waals surface area (Å²) in [5.74, 6) is -0.606. The predicted molar refractivity (Wildman–Crippen MR) is 130 cm³/mol. The summed E-state index contributed by atoms with van der Waals surface area (Å²) in [7, 11) is 0. The number of aryl methyl sites for hydroxylation is 1. The number of para-hydroxylation sites is 1. The molecule has 0 bridgehead atoms. The van der Waals surface area contributed by atoms with Crippen molar-refractivity contribution in [2.75, 3.05) is 24.6 Å². The minimum atomic E-state index is -0.574. The van der Waals surface area contributed by atoms with Gasteiger partial charge in [-0.25, -0.2) is 9.78 Å². The molecule has 1 saturated heterocycles. The molecule has 0 N–H and O–H groups in total. The Bertz CT molecular complexity index is 1190. The summed E-state index contributed by atoms with van der Waals surface area (Å²) in [4.78, 5) is 35.9. The molecule has 1 aromatic heterocycles. The lowest BCUT2D eigenvalue weighted by atomic mass is 9.97. The maximum Gasteiger partial charge on any atom is 0.338 e. The first kappa shape index (κ1) is 21.6. The Morgan fingerprint density at radius 3 is 2.52 bits per heavy atom. The van der Waals surface area contributed by atoms with Crippen molar-refractivity contribution in [3.8, 4) is 0 Å². The van der Waals surface area contributed by atoms with Crippen LogP contribution in [0.2, 0.25) is 0 Å². The van der Waals surface area contributed by atoms with Crippen molar-refractivity contribution in [1.82, 2.24) is 9.88 Å². The van der Waals surface area contributed by atoms with Crippen molar-refractivity contribution >= 4 is 38.6 Å².